The minimum Gasteiger partial charge on any atom is -0.353 e. The number of anilines is 3. The average molecular weight is 235 g/mol. The van der Waals surface area contributed by atoms with Crippen molar-refractivity contribution in [1.29, 1.82) is 5.26 Å². The first-order chi connectivity index (χ1) is 8.78. The number of benzene rings is 2. The van der Waals surface area contributed by atoms with Crippen molar-refractivity contribution in [3.63, 3.8) is 0 Å². The van der Waals surface area contributed by atoms with Gasteiger partial charge in [0.05, 0.1) is 34.3 Å². The van der Waals surface area contributed by atoms with Crippen molar-refractivity contribution < 1.29 is 4.79 Å². The molecule has 0 aliphatic carbocycles. The highest BCUT2D eigenvalue weighted by molar-refractivity contribution is 6.12. The van der Waals surface area contributed by atoms with E-state index in [-0.39, 0.29) is 5.91 Å². The lowest BCUT2D eigenvalue weighted by Gasteiger charge is -2.08. The number of nitriles is 1. The number of nitrogens with one attached hydrogen (secondary N) is 2. The van der Waals surface area contributed by atoms with Crippen molar-refractivity contribution in [1.82, 2.24) is 0 Å². The molecule has 0 radical (unpaired) electrons. The summed E-state index contributed by atoms with van der Waals surface area (Å²) in [6, 6.07) is 14.5. The van der Waals surface area contributed by atoms with Gasteiger partial charge in [-0.15, -0.1) is 0 Å². The highest BCUT2D eigenvalue weighted by Gasteiger charge is 2.18. The minimum atomic E-state index is -0.174. The molecular weight excluding hydrogens is 226 g/mol. The number of fused-ring (bicyclic) bond motifs is 2. The van der Waals surface area contributed by atoms with E-state index in [4.69, 9.17) is 5.26 Å². The smallest absolute Gasteiger partial charge is 0.257 e. The Kier molecular flexibility index (Phi) is 2.24. The molecule has 0 saturated heterocycles. The number of rotatable bonds is 0. The molecule has 4 nitrogen and oxygen atoms in total. The van der Waals surface area contributed by atoms with Crippen LogP contribution in [0.25, 0.3) is 0 Å². The zero-order valence-corrected chi connectivity index (χ0v) is 9.40. The Labute approximate surface area is 104 Å². The van der Waals surface area contributed by atoms with E-state index in [1.165, 1.54) is 0 Å². The number of hydrogen-bond acceptors (Lipinski definition) is 3. The molecule has 2 N–H and O–H groups in total. The topological polar surface area (TPSA) is 64.9 Å². The van der Waals surface area contributed by atoms with Crippen molar-refractivity contribution in [2.45, 2.75) is 0 Å². The van der Waals surface area contributed by atoms with Crippen LogP contribution in [0.3, 0.4) is 0 Å². The molecule has 1 heterocycles. The van der Waals surface area contributed by atoms with Gasteiger partial charge in [0.25, 0.3) is 5.91 Å². The monoisotopic (exact) mass is 235 g/mol. The van der Waals surface area contributed by atoms with Crippen LogP contribution in [-0.4, -0.2) is 5.91 Å². The van der Waals surface area contributed by atoms with Crippen LogP contribution in [0.4, 0.5) is 17.1 Å². The fourth-order valence-electron chi connectivity index (χ4n) is 1.95. The zero-order chi connectivity index (χ0) is 12.5. The molecule has 1 aliphatic rings. The van der Waals surface area contributed by atoms with Crippen molar-refractivity contribution in [2.75, 3.05) is 10.6 Å². The van der Waals surface area contributed by atoms with E-state index in [9.17, 15) is 4.79 Å². The van der Waals surface area contributed by atoms with E-state index in [1.54, 1.807) is 24.3 Å². The van der Waals surface area contributed by atoms with Crippen LogP contribution in [0, 0.1) is 11.3 Å². The van der Waals surface area contributed by atoms with Crippen molar-refractivity contribution in [2.24, 2.45) is 0 Å². The van der Waals surface area contributed by atoms with Crippen LogP contribution in [0.1, 0.15) is 15.9 Å². The van der Waals surface area contributed by atoms with E-state index in [0.717, 1.165) is 11.4 Å². The van der Waals surface area contributed by atoms with Crippen LogP contribution in [-0.2, 0) is 0 Å². The average Bonchev–Trinajstić information content (AvgIpc) is 2.54. The second kappa shape index (κ2) is 3.90. The summed E-state index contributed by atoms with van der Waals surface area (Å²) in [6.07, 6.45) is 0. The number of carbonyl (C=O) groups is 1. The van der Waals surface area contributed by atoms with Gasteiger partial charge in [0, 0.05) is 0 Å². The summed E-state index contributed by atoms with van der Waals surface area (Å²) >= 11 is 0. The molecule has 0 unspecified atom stereocenters. The van der Waals surface area contributed by atoms with Gasteiger partial charge < -0.3 is 10.6 Å². The summed E-state index contributed by atoms with van der Waals surface area (Å²) in [5, 5.41) is 14.9. The number of hydrogen-bond donors (Lipinski definition) is 2. The Morgan fingerprint density at radius 1 is 0.944 bits per heavy atom. The maximum Gasteiger partial charge on any atom is 0.257 e. The highest BCUT2D eigenvalue weighted by Crippen LogP contribution is 2.32. The second-order valence-electron chi connectivity index (χ2n) is 4.00. The summed E-state index contributed by atoms with van der Waals surface area (Å²) in [4.78, 5) is 12.0. The predicted molar refractivity (Wildman–Crippen MR) is 68.8 cm³/mol. The van der Waals surface area contributed by atoms with Gasteiger partial charge in [-0.3, -0.25) is 4.79 Å². The summed E-state index contributed by atoms with van der Waals surface area (Å²) in [5.74, 6) is -0.174. The third-order valence-electron chi connectivity index (χ3n) is 2.84. The normalized spacial score (nSPS) is 12.3. The van der Waals surface area contributed by atoms with Crippen LogP contribution >= 0.6 is 0 Å². The quantitative estimate of drug-likeness (QED) is 0.737. The summed E-state index contributed by atoms with van der Waals surface area (Å²) in [6.45, 7) is 0. The van der Waals surface area contributed by atoms with Gasteiger partial charge in [-0.25, -0.2) is 0 Å². The van der Waals surface area contributed by atoms with E-state index < -0.39 is 0 Å². The fraction of sp³-hybridized carbons (Fsp3) is 0. The van der Waals surface area contributed by atoms with Crippen LogP contribution in [0.2, 0.25) is 0 Å². The molecule has 0 atom stereocenters. The molecule has 86 valence electrons. The van der Waals surface area contributed by atoms with Crippen LogP contribution in [0.5, 0.6) is 0 Å². The molecule has 0 saturated carbocycles. The Balaban J connectivity index is 2.15. The Morgan fingerprint density at radius 3 is 2.61 bits per heavy atom. The SMILES string of the molecule is N#Cc1ccc2c(c1)NC(=O)c1ccccc1N2. The fourth-order valence-corrected chi connectivity index (χ4v) is 1.95. The summed E-state index contributed by atoms with van der Waals surface area (Å²) < 4.78 is 0. The number of nitrogens with zero attached hydrogens (tertiary/aromatic N) is 1. The molecule has 0 bridgehead atoms. The van der Waals surface area contributed by atoms with E-state index in [0.29, 0.717) is 16.8 Å². The third kappa shape index (κ3) is 1.59. The first kappa shape index (κ1) is 10.4. The lowest BCUT2D eigenvalue weighted by molar-refractivity contribution is 0.102. The standard InChI is InChI=1S/C14H9N3O/c15-8-9-5-6-12-13(7-9)17-14(18)10-3-1-2-4-11(10)16-12/h1-7,16H,(H,17,18). The number of carbonyl (C=O) groups excluding carboxylic acids is 1. The molecule has 18 heavy (non-hydrogen) atoms. The number of para-hydroxylation sites is 1. The molecule has 4 heteroatoms. The van der Waals surface area contributed by atoms with Gasteiger partial charge >= 0.3 is 0 Å². The molecule has 0 fully saturated rings. The van der Waals surface area contributed by atoms with Gasteiger partial charge in [0.1, 0.15) is 0 Å². The second-order valence-corrected chi connectivity index (χ2v) is 4.00. The maximum absolute atomic E-state index is 12.0. The summed E-state index contributed by atoms with van der Waals surface area (Å²) in [5.41, 5.74) is 3.27. The van der Waals surface area contributed by atoms with Gasteiger partial charge in [0.15, 0.2) is 0 Å². The maximum atomic E-state index is 12.0. The van der Waals surface area contributed by atoms with Crippen LogP contribution < -0.4 is 10.6 Å². The van der Waals surface area contributed by atoms with Crippen LogP contribution in [0.15, 0.2) is 42.5 Å². The molecule has 2 aromatic rings. The summed E-state index contributed by atoms with van der Waals surface area (Å²) in [7, 11) is 0. The largest absolute Gasteiger partial charge is 0.353 e. The predicted octanol–water partition coefficient (Wildman–Crippen LogP) is 2.87. The van der Waals surface area contributed by atoms with Gasteiger partial charge in [-0.1, -0.05) is 12.1 Å². The molecule has 2 aromatic carbocycles. The van der Waals surface area contributed by atoms with E-state index in [1.807, 2.05) is 18.2 Å². The van der Waals surface area contributed by atoms with Crippen molar-refractivity contribution >= 4 is 23.0 Å². The Hall–Kier alpha value is -2.80. The Morgan fingerprint density at radius 2 is 1.78 bits per heavy atom. The van der Waals surface area contributed by atoms with Gasteiger partial charge in [-0.05, 0) is 30.3 Å². The van der Waals surface area contributed by atoms with Crippen molar-refractivity contribution in [3.8, 4) is 6.07 Å². The molecule has 1 aliphatic heterocycles. The van der Waals surface area contributed by atoms with E-state index in [2.05, 4.69) is 16.7 Å². The highest BCUT2D eigenvalue weighted by atomic mass is 16.1. The zero-order valence-electron chi connectivity index (χ0n) is 9.40. The third-order valence-corrected chi connectivity index (χ3v) is 2.84. The van der Waals surface area contributed by atoms with E-state index >= 15 is 0 Å². The molecule has 0 aromatic heterocycles. The first-order valence-electron chi connectivity index (χ1n) is 5.49. The minimum absolute atomic E-state index is 0.174. The lowest BCUT2D eigenvalue weighted by atomic mass is 10.1. The Bertz CT molecular complexity index is 686. The molecule has 0 spiro atoms. The van der Waals surface area contributed by atoms with Gasteiger partial charge in [0.2, 0.25) is 0 Å². The molecular formula is C14H9N3O. The lowest BCUT2D eigenvalue weighted by Crippen LogP contribution is -2.10. The molecule has 3 rings (SSSR count). The van der Waals surface area contributed by atoms with Crippen molar-refractivity contribution in [3.05, 3.63) is 53.6 Å². The first-order valence-corrected chi connectivity index (χ1v) is 5.49. The molecule has 1 amide bonds. The number of amides is 1. The van der Waals surface area contributed by atoms with Gasteiger partial charge in [-0.2, -0.15) is 5.26 Å².